The SMILES string of the molecule is CNC(=O)C1CCC(NC(=O)C2CCCC(C(=O)O)C2)CC1. The van der Waals surface area contributed by atoms with Crippen molar-refractivity contribution in [2.24, 2.45) is 17.8 Å². The molecule has 124 valence electrons. The lowest BCUT2D eigenvalue weighted by Crippen LogP contribution is -2.44. The second-order valence-electron chi connectivity index (χ2n) is 6.57. The number of amides is 2. The number of nitrogens with one attached hydrogen (secondary N) is 2. The van der Waals surface area contributed by atoms with Gasteiger partial charge in [-0.05, 0) is 44.9 Å². The fourth-order valence-electron chi connectivity index (χ4n) is 3.68. The lowest BCUT2D eigenvalue weighted by Gasteiger charge is -2.31. The normalized spacial score (nSPS) is 32.0. The third-order valence-corrected chi connectivity index (χ3v) is 5.08. The molecule has 2 amide bonds. The molecule has 6 nitrogen and oxygen atoms in total. The van der Waals surface area contributed by atoms with E-state index >= 15 is 0 Å². The highest BCUT2D eigenvalue weighted by Gasteiger charge is 2.33. The zero-order chi connectivity index (χ0) is 16.1. The van der Waals surface area contributed by atoms with Gasteiger partial charge in [0, 0.05) is 24.9 Å². The molecular weight excluding hydrogens is 284 g/mol. The predicted molar refractivity (Wildman–Crippen MR) is 81.0 cm³/mol. The largest absolute Gasteiger partial charge is 0.481 e. The lowest BCUT2D eigenvalue weighted by molar-refractivity contribution is -0.144. The highest BCUT2D eigenvalue weighted by molar-refractivity contribution is 5.81. The van der Waals surface area contributed by atoms with Crippen LogP contribution in [0.5, 0.6) is 0 Å². The zero-order valence-corrected chi connectivity index (χ0v) is 13.1. The second kappa shape index (κ2) is 7.61. The Bertz CT molecular complexity index is 430. The Hall–Kier alpha value is -1.59. The van der Waals surface area contributed by atoms with Crippen molar-refractivity contribution in [2.75, 3.05) is 7.05 Å². The first-order valence-corrected chi connectivity index (χ1v) is 8.26. The standard InChI is InChI=1S/C16H26N2O4/c1-17-14(19)10-5-7-13(8-6-10)18-15(20)11-3-2-4-12(9-11)16(21)22/h10-13H,2-9H2,1H3,(H,17,19)(H,18,20)(H,21,22). The summed E-state index contributed by atoms with van der Waals surface area (Å²) in [7, 11) is 1.65. The van der Waals surface area contributed by atoms with Gasteiger partial charge in [-0.15, -0.1) is 0 Å². The van der Waals surface area contributed by atoms with E-state index in [4.69, 9.17) is 5.11 Å². The number of carbonyl (C=O) groups is 3. The quantitative estimate of drug-likeness (QED) is 0.729. The van der Waals surface area contributed by atoms with E-state index in [0.717, 1.165) is 38.5 Å². The van der Waals surface area contributed by atoms with Crippen LogP contribution in [0.2, 0.25) is 0 Å². The van der Waals surface area contributed by atoms with Crippen molar-refractivity contribution in [2.45, 2.75) is 57.4 Å². The van der Waals surface area contributed by atoms with Crippen LogP contribution in [0.1, 0.15) is 51.4 Å². The minimum absolute atomic E-state index is 0.00524. The summed E-state index contributed by atoms with van der Waals surface area (Å²) in [5.74, 6) is -1.21. The first kappa shape index (κ1) is 16.8. The Balaban J connectivity index is 1.78. The van der Waals surface area contributed by atoms with E-state index in [-0.39, 0.29) is 35.6 Å². The molecule has 2 atom stereocenters. The lowest BCUT2D eigenvalue weighted by atomic mass is 9.80. The summed E-state index contributed by atoms with van der Waals surface area (Å²) < 4.78 is 0. The van der Waals surface area contributed by atoms with Gasteiger partial charge in [-0.1, -0.05) is 6.42 Å². The molecule has 0 aromatic rings. The molecule has 0 spiro atoms. The Morgan fingerprint density at radius 1 is 0.864 bits per heavy atom. The van der Waals surface area contributed by atoms with Gasteiger partial charge in [0.25, 0.3) is 0 Å². The van der Waals surface area contributed by atoms with Crippen LogP contribution in [0.4, 0.5) is 0 Å². The Morgan fingerprint density at radius 2 is 1.50 bits per heavy atom. The number of hydrogen-bond donors (Lipinski definition) is 3. The molecule has 2 unspecified atom stereocenters. The third kappa shape index (κ3) is 4.21. The number of carboxylic acid groups (broad SMARTS) is 1. The Kier molecular flexibility index (Phi) is 5.80. The summed E-state index contributed by atoms with van der Waals surface area (Å²) in [6.45, 7) is 0. The van der Waals surface area contributed by atoms with Crippen molar-refractivity contribution in [1.82, 2.24) is 10.6 Å². The molecule has 0 aliphatic heterocycles. The molecule has 6 heteroatoms. The molecule has 2 aliphatic carbocycles. The van der Waals surface area contributed by atoms with Crippen molar-refractivity contribution < 1.29 is 19.5 Å². The van der Waals surface area contributed by atoms with Crippen LogP contribution in [-0.4, -0.2) is 36.0 Å². The fraction of sp³-hybridized carbons (Fsp3) is 0.812. The van der Waals surface area contributed by atoms with E-state index in [1.807, 2.05) is 0 Å². The van der Waals surface area contributed by atoms with Crippen LogP contribution in [0.25, 0.3) is 0 Å². The maximum Gasteiger partial charge on any atom is 0.306 e. The minimum Gasteiger partial charge on any atom is -0.481 e. The van der Waals surface area contributed by atoms with Gasteiger partial charge < -0.3 is 15.7 Å². The Labute approximate surface area is 131 Å². The first-order chi connectivity index (χ1) is 10.5. The van der Waals surface area contributed by atoms with E-state index < -0.39 is 5.97 Å². The highest BCUT2D eigenvalue weighted by Crippen LogP contribution is 2.30. The summed E-state index contributed by atoms with van der Waals surface area (Å²) in [5.41, 5.74) is 0. The summed E-state index contributed by atoms with van der Waals surface area (Å²) >= 11 is 0. The Morgan fingerprint density at radius 3 is 2.09 bits per heavy atom. The third-order valence-electron chi connectivity index (χ3n) is 5.08. The van der Waals surface area contributed by atoms with Gasteiger partial charge in [-0.3, -0.25) is 14.4 Å². The molecule has 0 radical (unpaired) electrons. The number of hydrogen-bond acceptors (Lipinski definition) is 3. The number of carboxylic acids is 1. The molecule has 22 heavy (non-hydrogen) atoms. The number of rotatable bonds is 4. The van der Waals surface area contributed by atoms with Crippen LogP contribution in [0, 0.1) is 17.8 Å². The van der Waals surface area contributed by atoms with Crippen LogP contribution in [-0.2, 0) is 14.4 Å². The van der Waals surface area contributed by atoms with Crippen molar-refractivity contribution >= 4 is 17.8 Å². The van der Waals surface area contributed by atoms with Gasteiger partial charge in [0.05, 0.1) is 5.92 Å². The molecule has 3 N–H and O–H groups in total. The monoisotopic (exact) mass is 310 g/mol. The summed E-state index contributed by atoms with van der Waals surface area (Å²) in [6, 6.07) is 0.124. The first-order valence-electron chi connectivity index (χ1n) is 8.26. The summed E-state index contributed by atoms with van der Waals surface area (Å²) in [6.07, 6.45) is 5.95. The van der Waals surface area contributed by atoms with Gasteiger partial charge in [-0.2, -0.15) is 0 Å². The van der Waals surface area contributed by atoms with Crippen LogP contribution < -0.4 is 10.6 Å². The molecule has 0 aromatic heterocycles. The van der Waals surface area contributed by atoms with E-state index in [1.165, 1.54) is 0 Å². The van der Waals surface area contributed by atoms with Crippen molar-refractivity contribution in [1.29, 1.82) is 0 Å². The van der Waals surface area contributed by atoms with Gasteiger partial charge in [0.2, 0.25) is 11.8 Å². The van der Waals surface area contributed by atoms with Gasteiger partial charge in [-0.25, -0.2) is 0 Å². The fourth-order valence-corrected chi connectivity index (χ4v) is 3.68. The summed E-state index contributed by atoms with van der Waals surface area (Å²) in [4.78, 5) is 35.0. The highest BCUT2D eigenvalue weighted by atomic mass is 16.4. The van der Waals surface area contributed by atoms with E-state index in [1.54, 1.807) is 7.05 Å². The molecule has 0 aromatic carbocycles. The van der Waals surface area contributed by atoms with Gasteiger partial charge >= 0.3 is 5.97 Å². The van der Waals surface area contributed by atoms with Crippen molar-refractivity contribution in [3.63, 3.8) is 0 Å². The van der Waals surface area contributed by atoms with Crippen molar-refractivity contribution in [3.8, 4) is 0 Å². The topological polar surface area (TPSA) is 95.5 Å². The molecule has 0 bridgehead atoms. The molecular formula is C16H26N2O4. The van der Waals surface area contributed by atoms with Crippen LogP contribution in [0.3, 0.4) is 0 Å². The van der Waals surface area contributed by atoms with Crippen molar-refractivity contribution in [3.05, 3.63) is 0 Å². The smallest absolute Gasteiger partial charge is 0.306 e. The maximum atomic E-state index is 12.3. The van der Waals surface area contributed by atoms with Gasteiger partial charge in [0.1, 0.15) is 0 Å². The molecule has 2 fully saturated rings. The van der Waals surface area contributed by atoms with Crippen LogP contribution in [0.15, 0.2) is 0 Å². The van der Waals surface area contributed by atoms with E-state index in [9.17, 15) is 14.4 Å². The van der Waals surface area contributed by atoms with E-state index in [0.29, 0.717) is 12.8 Å². The van der Waals surface area contributed by atoms with E-state index in [2.05, 4.69) is 10.6 Å². The molecule has 0 saturated heterocycles. The second-order valence-corrected chi connectivity index (χ2v) is 6.57. The molecule has 2 aliphatic rings. The molecule has 2 rings (SSSR count). The van der Waals surface area contributed by atoms with Gasteiger partial charge in [0.15, 0.2) is 0 Å². The average molecular weight is 310 g/mol. The zero-order valence-electron chi connectivity index (χ0n) is 13.1. The minimum atomic E-state index is -0.788. The number of aliphatic carboxylic acids is 1. The summed E-state index contributed by atoms with van der Waals surface area (Å²) in [5, 5.41) is 14.8. The predicted octanol–water partition coefficient (Wildman–Crippen LogP) is 1.30. The number of carbonyl (C=O) groups excluding carboxylic acids is 2. The maximum absolute atomic E-state index is 12.3. The average Bonchev–Trinajstić information content (AvgIpc) is 2.54. The molecule has 0 heterocycles. The van der Waals surface area contributed by atoms with Crippen LogP contribution >= 0.6 is 0 Å². The molecule has 2 saturated carbocycles.